The Bertz CT molecular complexity index is 1000. The van der Waals surface area contributed by atoms with Crippen LogP contribution in [0.2, 0.25) is 5.02 Å². The zero-order chi connectivity index (χ0) is 19.1. The standard InChI is InChI=1S/C16H11ClF4N4O/c17-12-6-10(18)3-1-8(12)7-25-13-4-2-9(16(19,20)21)5-11(13)14(24-25)15(26)23-22/h1-6H,7,22H2,(H,23,26). The van der Waals surface area contributed by atoms with Gasteiger partial charge in [-0.05, 0) is 35.9 Å². The summed E-state index contributed by atoms with van der Waals surface area (Å²) in [4.78, 5) is 11.9. The first kappa shape index (κ1) is 18.2. The fraction of sp³-hybridized carbons (Fsp3) is 0.125. The maximum absolute atomic E-state index is 13.2. The molecule has 0 saturated heterocycles. The molecule has 10 heteroatoms. The normalized spacial score (nSPS) is 11.8. The number of rotatable bonds is 3. The number of nitrogens with one attached hydrogen (secondary N) is 1. The van der Waals surface area contributed by atoms with E-state index >= 15 is 0 Å². The molecule has 0 spiro atoms. The number of nitrogens with two attached hydrogens (primary N) is 1. The highest BCUT2D eigenvalue weighted by atomic mass is 35.5. The van der Waals surface area contributed by atoms with E-state index in [1.807, 2.05) is 5.43 Å². The van der Waals surface area contributed by atoms with Crippen LogP contribution in [0.25, 0.3) is 10.9 Å². The molecular formula is C16H11ClF4N4O. The average molecular weight is 387 g/mol. The lowest BCUT2D eigenvalue weighted by Crippen LogP contribution is -2.30. The second kappa shape index (κ2) is 6.58. The van der Waals surface area contributed by atoms with Crippen LogP contribution < -0.4 is 11.3 Å². The van der Waals surface area contributed by atoms with Gasteiger partial charge in [0, 0.05) is 10.4 Å². The molecule has 0 radical (unpaired) electrons. The molecule has 3 aromatic rings. The molecular weight excluding hydrogens is 376 g/mol. The molecule has 1 aromatic heterocycles. The number of hydrogen-bond acceptors (Lipinski definition) is 3. The molecule has 5 nitrogen and oxygen atoms in total. The van der Waals surface area contributed by atoms with E-state index in [2.05, 4.69) is 5.10 Å². The molecule has 0 bridgehead atoms. The Labute approximate surface area is 149 Å². The van der Waals surface area contributed by atoms with Crippen LogP contribution in [0.15, 0.2) is 36.4 Å². The van der Waals surface area contributed by atoms with Crippen molar-refractivity contribution in [1.29, 1.82) is 0 Å². The SMILES string of the molecule is NNC(=O)c1nn(Cc2ccc(F)cc2Cl)c2ccc(C(F)(F)F)cc12. The minimum absolute atomic E-state index is 0.0130. The summed E-state index contributed by atoms with van der Waals surface area (Å²) in [5.74, 6) is 3.73. The molecule has 0 atom stereocenters. The van der Waals surface area contributed by atoms with Gasteiger partial charge in [-0.1, -0.05) is 17.7 Å². The fourth-order valence-electron chi connectivity index (χ4n) is 2.52. The third-order valence-corrected chi connectivity index (χ3v) is 4.11. The molecule has 1 heterocycles. The quantitative estimate of drug-likeness (QED) is 0.313. The lowest BCUT2D eigenvalue weighted by Gasteiger charge is -2.08. The van der Waals surface area contributed by atoms with Crippen LogP contribution >= 0.6 is 11.6 Å². The first-order valence-corrected chi connectivity index (χ1v) is 7.61. The molecule has 3 rings (SSSR count). The van der Waals surface area contributed by atoms with Crippen LogP contribution in [0.4, 0.5) is 17.6 Å². The Morgan fingerprint density at radius 3 is 2.58 bits per heavy atom. The number of aromatic nitrogens is 2. The van der Waals surface area contributed by atoms with Gasteiger partial charge in [-0.3, -0.25) is 14.9 Å². The number of hydrazine groups is 1. The summed E-state index contributed by atoms with van der Waals surface area (Å²) in [6, 6.07) is 6.65. The largest absolute Gasteiger partial charge is 0.416 e. The smallest absolute Gasteiger partial charge is 0.289 e. The number of benzene rings is 2. The van der Waals surface area contributed by atoms with E-state index in [9.17, 15) is 22.4 Å². The van der Waals surface area contributed by atoms with Crippen LogP contribution in [0.3, 0.4) is 0 Å². The number of carbonyl (C=O) groups is 1. The van der Waals surface area contributed by atoms with E-state index in [4.69, 9.17) is 17.4 Å². The van der Waals surface area contributed by atoms with E-state index in [0.29, 0.717) is 5.56 Å². The summed E-state index contributed by atoms with van der Waals surface area (Å²) in [5, 5.41) is 4.16. The van der Waals surface area contributed by atoms with Crippen molar-refractivity contribution in [3.05, 3.63) is 64.1 Å². The van der Waals surface area contributed by atoms with Crippen LogP contribution in [-0.4, -0.2) is 15.7 Å². The number of nitrogens with zero attached hydrogens (tertiary/aromatic N) is 2. The first-order chi connectivity index (χ1) is 12.2. The molecule has 3 N–H and O–H groups in total. The van der Waals surface area contributed by atoms with Gasteiger partial charge in [-0.15, -0.1) is 0 Å². The van der Waals surface area contributed by atoms with Gasteiger partial charge in [0.15, 0.2) is 5.69 Å². The van der Waals surface area contributed by atoms with Gasteiger partial charge >= 0.3 is 6.18 Å². The molecule has 0 unspecified atom stereocenters. The van der Waals surface area contributed by atoms with E-state index < -0.39 is 23.5 Å². The highest BCUT2D eigenvalue weighted by Crippen LogP contribution is 2.33. The van der Waals surface area contributed by atoms with E-state index in [1.165, 1.54) is 22.9 Å². The number of fused-ring (bicyclic) bond motifs is 1. The number of carbonyl (C=O) groups excluding carboxylic acids is 1. The van der Waals surface area contributed by atoms with Gasteiger partial charge in [-0.2, -0.15) is 18.3 Å². The van der Waals surface area contributed by atoms with Crippen molar-refractivity contribution in [2.24, 2.45) is 5.84 Å². The summed E-state index contributed by atoms with van der Waals surface area (Å²) in [6.45, 7) is 0.0266. The summed E-state index contributed by atoms with van der Waals surface area (Å²) >= 11 is 5.98. The average Bonchev–Trinajstić information content (AvgIpc) is 2.94. The fourth-order valence-corrected chi connectivity index (χ4v) is 2.75. The summed E-state index contributed by atoms with van der Waals surface area (Å²) in [5.41, 5.74) is 1.44. The zero-order valence-electron chi connectivity index (χ0n) is 12.9. The molecule has 0 aliphatic rings. The van der Waals surface area contributed by atoms with Crippen LogP contribution in [0.5, 0.6) is 0 Å². The van der Waals surface area contributed by atoms with Crippen molar-refractivity contribution in [3.8, 4) is 0 Å². The Kier molecular flexibility index (Phi) is 4.59. The van der Waals surface area contributed by atoms with Crippen molar-refractivity contribution in [1.82, 2.24) is 15.2 Å². The van der Waals surface area contributed by atoms with Gasteiger partial charge in [0.2, 0.25) is 0 Å². The van der Waals surface area contributed by atoms with Crippen molar-refractivity contribution >= 4 is 28.4 Å². The summed E-state index contributed by atoms with van der Waals surface area (Å²) in [6.07, 6.45) is -4.58. The zero-order valence-corrected chi connectivity index (χ0v) is 13.7. The third-order valence-electron chi connectivity index (χ3n) is 3.76. The Balaban J connectivity index is 2.15. The molecule has 0 aliphatic carbocycles. The van der Waals surface area contributed by atoms with Gasteiger partial charge < -0.3 is 0 Å². The molecule has 0 fully saturated rings. The second-order valence-corrected chi connectivity index (χ2v) is 5.85. The molecule has 2 aromatic carbocycles. The van der Waals surface area contributed by atoms with E-state index in [1.54, 1.807) is 0 Å². The minimum atomic E-state index is -4.58. The first-order valence-electron chi connectivity index (χ1n) is 7.23. The van der Waals surface area contributed by atoms with Crippen molar-refractivity contribution in [2.45, 2.75) is 12.7 Å². The van der Waals surface area contributed by atoms with Gasteiger partial charge in [-0.25, -0.2) is 10.2 Å². The Morgan fingerprint density at radius 1 is 1.23 bits per heavy atom. The molecule has 136 valence electrons. The topological polar surface area (TPSA) is 72.9 Å². The van der Waals surface area contributed by atoms with Gasteiger partial charge in [0.05, 0.1) is 17.6 Å². The van der Waals surface area contributed by atoms with Crippen molar-refractivity contribution < 1.29 is 22.4 Å². The number of alkyl halides is 3. The van der Waals surface area contributed by atoms with Crippen LogP contribution in [0.1, 0.15) is 21.6 Å². The summed E-state index contributed by atoms with van der Waals surface area (Å²) < 4.78 is 53.4. The third kappa shape index (κ3) is 3.35. The highest BCUT2D eigenvalue weighted by Gasteiger charge is 2.31. The molecule has 0 saturated carbocycles. The lowest BCUT2D eigenvalue weighted by molar-refractivity contribution is -0.137. The van der Waals surface area contributed by atoms with Crippen molar-refractivity contribution in [3.63, 3.8) is 0 Å². The van der Waals surface area contributed by atoms with Crippen LogP contribution in [-0.2, 0) is 12.7 Å². The highest BCUT2D eigenvalue weighted by molar-refractivity contribution is 6.31. The van der Waals surface area contributed by atoms with Gasteiger partial charge in [0.1, 0.15) is 5.82 Å². The molecule has 26 heavy (non-hydrogen) atoms. The van der Waals surface area contributed by atoms with E-state index in [0.717, 1.165) is 18.2 Å². The number of halogens is 5. The maximum Gasteiger partial charge on any atom is 0.416 e. The summed E-state index contributed by atoms with van der Waals surface area (Å²) in [7, 11) is 0. The van der Waals surface area contributed by atoms with Gasteiger partial charge in [0.25, 0.3) is 5.91 Å². The number of amides is 1. The molecule has 0 aliphatic heterocycles. The monoisotopic (exact) mass is 386 g/mol. The number of nitrogen functional groups attached to an aromatic ring is 1. The van der Waals surface area contributed by atoms with Crippen molar-refractivity contribution in [2.75, 3.05) is 0 Å². The Morgan fingerprint density at radius 2 is 1.96 bits per heavy atom. The van der Waals surface area contributed by atoms with Crippen LogP contribution in [0, 0.1) is 5.82 Å². The predicted molar refractivity (Wildman–Crippen MR) is 86.9 cm³/mol. The maximum atomic E-state index is 13.2. The second-order valence-electron chi connectivity index (χ2n) is 5.45. The predicted octanol–water partition coefficient (Wildman–Crippen LogP) is 3.50. The minimum Gasteiger partial charge on any atom is -0.289 e. The van der Waals surface area contributed by atoms with E-state index in [-0.39, 0.29) is 28.2 Å². The Hall–Kier alpha value is -2.65. The number of hydrogen-bond donors (Lipinski definition) is 2. The lowest BCUT2D eigenvalue weighted by atomic mass is 10.1. The molecule has 1 amide bonds.